The summed E-state index contributed by atoms with van der Waals surface area (Å²) in [6, 6.07) is 24.3. The Hall–Kier alpha value is -2.95. The number of fused-ring (bicyclic) bond motifs is 1. The van der Waals surface area contributed by atoms with Crippen LogP contribution in [0.5, 0.6) is 0 Å². The van der Waals surface area contributed by atoms with Crippen LogP contribution < -0.4 is 10.2 Å². The van der Waals surface area contributed by atoms with Gasteiger partial charge in [-0.15, -0.1) is 0 Å². The molecule has 4 nitrogen and oxygen atoms in total. The predicted molar refractivity (Wildman–Crippen MR) is 112 cm³/mol. The summed E-state index contributed by atoms with van der Waals surface area (Å²) in [5, 5.41) is 12.1. The van der Waals surface area contributed by atoms with Crippen molar-refractivity contribution >= 4 is 11.6 Å². The summed E-state index contributed by atoms with van der Waals surface area (Å²) in [5.74, 6) is 0.0352. The number of nitrogens with zero attached hydrogens (tertiary/aromatic N) is 1. The maximum Gasteiger partial charge on any atom is 0.258 e. The third-order valence-electron chi connectivity index (χ3n) is 5.15. The van der Waals surface area contributed by atoms with E-state index in [4.69, 9.17) is 5.11 Å². The first-order chi connectivity index (χ1) is 13.8. The highest BCUT2D eigenvalue weighted by molar-refractivity contribution is 6.08. The van der Waals surface area contributed by atoms with E-state index in [-0.39, 0.29) is 12.5 Å². The maximum atomic E-state index is 13.2. The third-order valence-corrected chi connectivity index (χ3v) is 5.15. The van der Waals surface area contributed by atoms with Gasteiger partial charge in [-0.05, 0) is 46.9 Å². The highest BCUT2D eigenvalue weighted by Crippen LogP contribution is 2.36. The van der Waals surface area contributed by atoms with E-state index in [1.165, 1.54) is 16.7 Å². The molecule has 3 aromatic carbocycles. The van der Waals surface area contributed by atoms with Crippen LogP contribution in [-0.4, -0.2) is 30.7 Å². The fourth-order valence-electron chi connectivity index (χ4n) is 3.82. The number of carbonyl (C=O) groups is 1. The smallest absolute Gasteiger partial charge is 0.258 e. The lowest BCUT2D eigenvalue weighted by Crippen LogP contribution is -2.29. The van der Waals surface area contributed by atoms with Crippen LogP contribution in [0.2, 0.25) is 0 Å². The van der Waals surface area contributed by atoms with Gasteiger partial charge in [0.1, 0.15) is 0 Å². The van der Waals surface area contributed by atoms with E-state index in [0.717, 1.165) is 17.7 Å². The van der Waals surface area contributed by atoms with Gasteiger partial charge >= 0.3 is 0 Å². The predicted octanol–water partition coefficient (Wildman–Crippen LogP) is 3.64. The first kappa shape index (κ1) is 18.4. The summed E-state index contributed by atoms with van der Waals surface area (Å²) >= 11 is 0. The molecule has 4 heteroatoms. The normalized spacial score (nSPS) is 12.8. The number of anilines is 1. The van der Waals surface area contributed by atoms with Gasteiger partial charge in [0.25, 0.3) is 5.91 Å². The van der Waals surface area contributed by atoms with E-state index in [1.54, 1.807) is 0 Å². The molecule has 0 radical (unpaired) electrons. The van der Waals surface area contributed by atoms with Gasteiger partial charge in [-0.25, -0.2) is 0 Å². The molecule has 142 valence electrons. The van der Waals surface area contributed by atoms with Gasteiger partial charge in [0.15, 0.2) is 0 Å². The Balaban J connectivity index is 1.60. The van der Waals surface area contributed by atoms with Crippen LogP contribution in [0.1, 0.15) is 21.5 Å². The number of hydrogen-bond donors (Lipinski definition) is 2. The SMILES string of the molecule is O=C(c1cccc(CNCCO)c1)N1CCc2c(-c3ccccc3)cccc21. The highest BCUT2D eigenvalue weighted by Gasteiger charge is 2.27. The van der Waals surface area contributed by atoms with Gasteiger partial charge in [0.05, 0.1) is 6.61 Å². The van der Waals surface area contributed by atoms with E-state index in [0.29, 0.717) is 25.2 Å². The van der Waals surface area contributed by atoms with Crippen LogP contribution in [0.15, 0.2) is 72.8 Å². The average Bonchev–Trinajstić information content (AvgIpc) is 3.18. The minimum atomic E-state index is 0.0352. The van der Waals surface area contributed by atoms with Crippen LogP contribution in [0, 0.1) is 0 Å². The second kappa shape index (κ2) is 8.38. The second-order valence-corrected chi connectivity index (χ2v) is 6.98. The molecule has 1 amide bonds. The average molecular weight is 372 g/mol. The molecule has 1 aliphatic heterocycles. The molecule has 1 heterocycles. The molecule has 3 aromatic rings. The summed E-state index contributed by atoms with van der Waals surface area (Å²) in [4.78, 5) is 15.1. The summed E-state index contributed by atoms with van der Waals surface area (Å²) in [7, 11) is 0. The standard InChI is InChI=1S/C24H24N2O2/c27-15-13-25-17-18-6-4-9-20(16-18)24(28)26-14-12-22-21(10-5-11-23(22)26)19-7-2-1-3-8-19/h1-11,16,25,27H,12-15,17H2. The van der Waals surface area contributed by atoms with E-state index >= 15 is 0 Å². The molecule has 1 aliphatic rings. The van der Waals surface area contributed by atoms with E-state index in [1.807, 2.05) is 59.5 Å². The first-order valence-electron chi connectivity index (χ1n) is 9.67. The van der Waals surface area contributed by atoms with Crippen molar-refractivity contribution in [3.8, 4) is 11.1 Å². The quantitative estimate of drug-likeness (QED) is 0.650. The topological polar surface area (TPSA) is 52.6 Å². The molecule has 0 aliphatic carbocycles. The Morgan fingerprint density at radius 1 is 1.00 bits per heavy atom. The van der Waals surface area contributed by atoms with Crippen LogP contribution in [0.3, 0.4) is 0 Å². The number of benzene rings is 3. The lowest BCUT2D eigenvalue weighted by atomic mass is 9.98. The fraction of sp³-hybridized carbons (Fsp3) is 0.208. The minimum Gasteiger partial charge on any atom is -0.395 e. The number of amides is 1. The van der Waals surface area contributed by atoms with Crippen molar-refractivity contribution in [2.24, 2.45) is 0 Å². The van der Waals surface area contributed by atoms with Crippen LogP contribution in [-0.2, 0) is 13.0 Å². The summed E-state index contributed by atoms with van der Waals surface area (Å²) in [6.45, 7) is 1.98. The molecule has 0 atom stereocenters. The lowest BCUT2D eigenvalue weighted by Gasteiger charge is -2.18. The molecule has 0 saturated carbocycles. The van der Waals surface area contributed by atoms with Gasteiger partial charge in [0, 0.05) is 30.9 Å². The van der Waals surface area contributed by atoms with E-state index in [2.05, 4.69) is 23.5 Å². The number of aliphatic hydroxyl groups is 1. The Kier molecular flexibility index (Phi) is 5.51. The molecule has 0 saturated heterocycles. The monoisotopic (exact) mass is 372 g/mol. The zero-order valence-electron chi connectivity index (χ0n) is 15.8. The Labute approximate surface area is 165 Å². The number of nitrogens with one attached hydrogen (secondary N) is 1. The van der Waals surface area contributed by atoms with Crippen molar-refractivity contribution < 1.29 is 9.90 Å². The van der Waals surface area contributed by atoms with Crippen LogP contribution in [0.25, 0.3) is 11.1 Å². The molecule has 0 spiro atoms. The summed E-state index contributed by atoms with van der Waals surface area (Å²) in [6.07, 6.45) is 0.865. The number of carbonyl (C=O) groups excluding carboxylic acids is 1. The van der Waals surface area contributed by atoms with E-state index < -0.39 is 0 Å². The van der Waals surface area contributed by atoms with Crippen molar-refractivity contribution in [2.45, 2.75) is 13.0 Å². The maximum absolute atomic E-state index is 13.2. The molecule has 0 bridgehead atoms. The Morgan fingerprint density at radius 2 is 1.82 bits per heavy atom. The van der Waals surface area contributed by atoms with Crippen molar-refractivity contribution in [3.63, 3.8) is 0 Å². The van der Waals surface area contributed by atoms with Crippen molar-refractivity contribution in [1.29, 1.82) is 0 Å². The Bertz CT molecular complexity index is 969. The summed E-state index contributed by atoms with van der Waals surface area (Å²) in [5.41, 5.74) is 6.37. The number of aliphatic hydroxyl groups excluding tert-OH is 1. The molecule has 0 aromatic heterocycles. The van der Waals surface area contributed by atoms with Gasteiger partial charge in [-0.2, -0.15) is 0 Å². The molecular weight excluding hydrogens is 348 g/mol. The second-order valence-electron chi connectivity index (χ2n) is 6.98. The van der Waals surface area contributed by atoms with Crippen molar-refractivity contribution in [1.82, 2.24) is 5.32 Å². The summed E-state index contributed by atoms with van der Waals surface area (Å²) < 4.78 is 0. The fourth-order valence-corrected chi connectivity index (χ4v) is 3.82. The van der Waals surface area contributed by atoms with Crippen molar-refractivity contribution in [3.05, 3.63) is 89.5 Å². The van der Waals surface area contributed by atoms with Gasteiger partial charge in [0.2, 0.25) is 0 Å². The molecule has 28 heavy (non-hydrogen) atoms. The number of rotatable bonds is 6. The minimum absolute atomic E-state index is 0.0352. The highest BCUT2D eigenvalue weighted by atomic mass is 16.3. The molecule has 0 unspecified atom stereocenters. The van der Waals surface area contributed by atoms with Gasteiger partial charge in [-0.1, -0.05) is 54.6 Å². The zero-order valence-corrected chi connectivity index (χ0v) is 15.8. The van der Waals surface area contributed by atoms with Crippen LogP contribution in [0.4, 0.5) is 5.69 Å². The largest absolute Gasteiger partial charge is 0.395 e. The van der Waals surface area contributed by atoms with Crippen LogP contribution >= 0.6 is 0 Å². The third kappa shape index (κ3) is 3.70. The first-order valence-corrected chi connectivity index (χ1v) is 9.67. The molecule has 4 rings (SSSR count). The van der Waals surface area contributed by atoms with Crippen molar-refractivity contribution in [2.75, 3.05) is 24.6 Å². The molecular formula is C24H24N2O2. The molecule has 2 N–H and O–H groups in total. The lowest BCUT2D eigenvalue weighted by molar-refractivity contribution is 0.0989. The Morgan fingerprint density at radius 3 is 2.64 bits per heavy atom. The number of hydrogen-bond acceptors (Lipinski definition) is 3. The zero-order chi connectivity index (χ0) is 19.3. The van der Waals surface area contributed by atoms with E-state index in [9.17, 15) is 4.79 Å². The van der Waals surface area contributed by atoms with Gasteiger partial charge in [-0.3, -0.25) is 4.79 Å². The molecule has 0 fully saturated rings. The van der Waals surface area contributed by atoms with Gasteiger partial charge < -0.3 is 15.3 Å².